The third-order valence-electron chi connectivity index (χ3n) is 9.88. The van der Waals surface area contributed by atoms with Crippen LogP contribution in [0.1, 0.15) is 58.1 Å². The molecule has 4 heterocycles. The van der Waals surface area contributed by atoms with E-state index in [0.29, 0.717) is 17.5 Å². The summed E-state index contributed by atoms with van der Waals surface area (Å²) >= 11 is 0. The summed E-state index contributed by atoms with van der Waals surface area (Å²) in [6.07, 6.45) is 7.36. The van der Waals surface area contributed by atoms with Crippen LogP contribution in [0.15, 0.2) is 34.7 Å². The lowest BCUT2D eigenvalue weighted by molar-refractivity contribution is 0.00698. The molecule has 0 atom stereocenters. The highest BCUT2D eigenvalue weighted by molar-refractivity contribution is 5.96. The van der Waals surface area contributed by atoms with Crippen molar-refractivity contribution in [2.24, 2.45) is 5.41 Å². The zero-order valence-electron chi connectivity index (χ0n) is 25.2. The topological polar surface area (TPSA) is 54.2 Å². The van der Waals surface area contributed by atoms with E-state index in [0.717, 1.165) is 65.5 Å². The molecule has 216 valence electrons. The number of hydrogen-bond acceptors (Lipinski definition) is 7. The number of likely N-dealkylation sites (tertiary alicyclic amines) is 2. The first-order valence-electron chi connectivity index (χ1n) is 15.2. The van der Waals surface area contributed by atoms with Crippen molar-refractivity contribution in [3.63, 3.8) is 0 Å². The van der Waals surface area contributed by atoms with E-state index in [2.05, 4.69) is 60.8 Å². The molecule has 0 bridgehead atoms. The molecule has 6 rings (SSSR count). The van der Waals surface area contributed by atoms with Crippen LogP contribution >= 0.6 is 0 Å². The lowest BCUT2D eigenvalue weighted by Crippen LogP contribution is -2.55. The molecule has 2 aliphatic heterocycles. The number of anilines is 1. The summed E-state index contributed by atoms with van der Waals surface area (Å²) in [7, 11) is 6.16. The second-order valence-corrected chi connectivity index (χ2v) is 12.9. The Morgan fingerprint density at radius 2 is 1.75 bits per heavy atom. The minimum Gasteiger partial charge on any atom is -0.493 e. The van der Waals surface area contributed by atoms with Gasteiger partial charge in [0, 0.05) is 49.4 Å². The van der Waals surface area contributed by atoms with E-state index in [9.17, 15) is 0 Å². The zero-order chi connectivity index (χ0) is 28.0. The second kappa shape index (κ2) is 10.9. The molecule has 0 radical (unpaired) electrons. The molecule has 40 heavy (non-hydrogen) atoms. The Bertz CT molecular complexity index is 1330. The number of benzene rings is 1. The number of piperidine rings is 2. The Kier molecular flexibility index (Phi) is 7.47. The molecule has 1 aromatic carbocycles. The van der Waals surface area contributed by atoms with Gasteiger partial charge >= 0.3 is 0 Å². The summed E-state index contributed by atoms with van der Waals surface area (Å²) in [5.74, 6) is 3.24. The number of aryl methyl sites for hydroxylation is 1. The lowest BCUT2D eigenvalue weighted by Gasteiger charge is -2.55. The van der Waals surface area contributed by atoms with Gasteiger partial charge in [0.25, 0.3) is 0 Å². The van der Waals surface area contributed by atoms with Gasteiger partial charge < -0.3 is 28.6 Å². The normalized spacial score (nSPS) is 20.8. The quantitative estimate of drug-likeness (QED) is 0.341. The molecule has 7 heteroatoms. The summed E-state index contributed by atoms with van der Waals surface area (Å²) in [4.78, 5) is 12.6. The standard InChI is InChI=1S/C33H46N4O3/c1-22(2)37-15-11-33(12-16-37)20-24(21-33)36(5)29-18-28(30-8-7-23(3)39-30)34-27-19-32(31(38-6)17-26(27)29)40-25-9-13-35(4)14-10-25/h7-8,17-19,22,24-25H,9-16,20-21H2,1-6H3. The van der Waals surface area contributed by atoms with Crippen molar-refractivity contribution in [2.45, 2.75) is 77.5 Å². The first-order chi connectivity index (χ1) is 19.2. The van der Waals surface area contributed by atoms with Crippen LogP contribution in [0.25, 0.3) is 22.4 Å². The highest BCUT2D eigenvalue weighted by atomic mass is 16.5. The summed E-state index contributed by atoms with van der Waals surface area (Å²) in [6, 6.07) is 11.6. The van der Waals surface area contributed by atoms with E-state index in [-0.39, 0.29) is 6.10 Å². The van der Waals surface area contributed by atoms with Gasteiger partial charge in [-0.25, -0.2) is 4.98 Å². The van der Waals surface area contributed by atoms with Gasteiger partial charge in [0.05, 0.1) is 12.6 Å². The predicted molar refractivity (Wildman–Crippen MR) is 162 cm³/mol. The molecule has 1 saturated carbocycles. The van der Waals surface area contributed by atoms with Crippen molar-refractivity contribution < 1.29 is 13.9 Å². The van der Waals surface area contributed by atoms with Crippen molar-refractivity contribution in [1.29, 1.82) is 0 Å². The van der Waals surface area contributed by atoms with Gasteiger partial charge in [0.2, 0.25) is 0 Å². The smallest absolute Gasteiger partial charge is 0.163 e. The molecule has 1 spiro atoms. The van der Waals surface area contributed by atoms with Crippen LogP contribution in [0, 0.1) is 12.3 Å². The number of pyridine rings is 1. The summed E-state index contributed by atoms with van der Waals surface area (Å²) in [6.45, 7) is 11.2. The van der Waals surface area contributed by atoms with Crippen molar-refractivity contribution in [1.82, 2.24) is 14.8 Å². The lowest BCUT2D eigenvalue weighted by atomic mass is 9.60. The third-order valence-corrected chi connectivity index (χ3v) is 9.88. The fourth-order valence-corrected chi connectivity index (χ4v) is 7.07. The molecule has 3 aromatic rings. The maximum Gasteiger partial charge on any atom is 0.163 e. The highest BCUT2D eigenvalue weighted by Crippen LogP contribution is 2.52. The Morgan fingerprint density at radius 1 is 1.02 bits per heavy atom. The van der Waals surface area contributed by atoms with E-state index < -0.39 is 0 Å². The molecule has 0 unspecified atom stereocenters. The van der Waals surface area contributed by atoms with Gasteiger partial charge in [0.15, 0.2) is 17.3 Å². The molecule has 2 aromatic heterocycles. The number of fused-ring (bicyclic) bond motifs is 1. The fourth-order valence-electron chi connectivity index (χ4n) is 7.07. The molecular weight excluding hydrogens is 500 g/mol. The van der Waals surface area contributed by atoms with Crippen LogP contribution in [-0.2, 0) is 0 Å². The maximum absolute atomic E-state index is 6.53. The Morgan fingerprint density at radius 3 is 2.38 bits per heavy atom. The van der Waals surface area contributed by atoms with E-state index in [1.807, 2.05) is 19.1 Å². The van der Waals surface area contributed by atoms with E-state index in [4.69, 9.17) is 18.9 Å². The van der Waals surface area contributed by atoms with Gasteiger partial charge in [-0.1, -0.05) is 0 Å². The monoisotopic (exact) mass is 546 g/mol. The maximum atomic E-state index is 6.53. The largest absolute Gasteiger partial charge is 0.493 e. The molecule has 0 N–H and O–H groups in total. The Hall–Kier alpha value is -2.77. The summed E-state index contributed by atoms with van der Waals surface area (Å²) < 4.78 is 18.4. The van der Waals surface area contributed by atoms with Crippen LogP contribution in [0.2, 0.25) is 0 Å². The van der Waals surface area contributed by atoms with Crippen molar-refractivity contribution in [3.05, 3.63) is 36.1 Å². The predicted octanol–water partition coefficient (Wildman–Crippen LogP) is 6.37. The van der Waals surface area contributed by atoms with Crippen molar-refractivity contribution in [2.75, 3.05) is 52.3 Å². The average Bonchev–Trinajstić information content (AvgIpc) is 3.37. The first-order valence-corrected chi connectivity index (χ1v) is 15.2. The number of hydrogen-bond donors (Lipinski definition) is 0. The molecule has 3 aliphatic rings. The first kappa shape index (κ1) is 27.4. The molecule has 1 aliphatic carbocycles. The van der Waals surface area contributed by atoms with Gasteiger partial charge in [-0.3, -0.25) is 0 Å². The number of aromatic nitrogens is 1. The van der Waals surface area contributed by atoms with E-state index in [1.165, 1.54) is 44.5 Å². The van der Waals surface area contributed by atoms with Gasteiger partial charge in [-0.2, -0.15) is 0 Å². The number of ether oxygens (including phenoxy) is 2. The molecule has 2 saturated heterocycles. The minimum absolute atomic E-state index is 0.189. The third kappa shape index (κ3) is 5.30. The Labute approximate surface area is 239 Å². The van der Waals surface area contributed by atoms with E-state index >= 15 is 0 Å². The van der Waals surface area contributed by atoms with Crippen LogP contribution in [0.5, 0.6) is 11.5 Å². The number of methoxy groups -OCH3 is 1. The van der Waals surface area contributed by atoms with Crippen molar-refractivity contribution in [3.8, 4) is 23.0 Å². The molecular formula is C33H46N4O3. The summed E-state index contributed by atoms with van der Waals surface area (Å²) in [5, 5.41) is 1.10. The number of rotatable bonds is 7. The van der Waals surface area contributed by atoms with Gasteiger partial charge in [-0.15, -0.1) is 0 Å². The summed E-state index contributed by atoms with van der Waals surface area (Å²) in [5.41, 5.74) is 3.45. The molecule has 0 amide bonds. The number of furan rings is 1. The molecule has 3 fully saturated rings. The highest BCUT2D eigenvalue weighted by Gasteiger charge is 2.47. The van der Waals surface area contributed by atoms with E-state index in [1.54, 1.807) is 7.11 Å². The Balaban J connectivity index is 1.31. The molecule has 7 nitrogen and oxygen atoms in total. The zero-order valence-corrected chi connectivity index (χ0v) is 25.2. The van der Waals surface area contributed by atoms with Crippen LogP contribution in [0.3, 0.4) is 0 Å². The number of nitrogens with zero attached hydrogens (tertiary/aromatic N) is 4. The fraction of sp³-hybridized carbons (Fsp3) is 0.606. The average molecular weight is 547 g/mol. The van der Waals surface area contributed by atoms with Gasteiger partial charge in [0.1, 0.15) is 17.6 Å². The minimum atomic E-state index is 0.189. The SMILES string of the molecule is COc1cc2c(N(C)C3CC4(CCN(C(C)C)CC4)C3)cc(-c3ccc(C)o3)nc2cc1OC1CCN(C)CC1. The van der Waals surface area contributed by atoms with Crippen LogP contribution in [0.4, 0.5) is 5.69 Å². The van der Waals surface area contributed by atoms with Gasteiger partial charge in [-0.05, 0) is 109 Å². The second-order valence-electron chi connectivity index (χ2n) is 12.9. The van der Waals surface area contributed by atoms with Crippen molar-refractivity contribution >= 4 is 16.6 Å². The van der Waals surface area contributed by atoms with Crippen LogP contribution in [-0.4, -0.2) is 80.4 Å². The van der Waals surface area contributed by atoms with Crippen LogP contribution < -0.4 is 14.4 Å².